The fraction of sp³-hybridized carbons (Fsp3) is 0.500. The summed E-state index contributed by atoms with van der Waals surface area (Å²) < 4.78 is 0. The second kappa shape index (κ2) is 8.92. The van der Waals surface area contributed by atoms with Crippen molar-refractivity contribution in [3.63, 3.8) is 0 Å². The van der Waals surface area contributed by atoms with E-state index in [9.17, 15) is 4.79 Å². The SMILES string of the molecule is CCC(C)NC(N)=NCc1ccc(NC(=O)NC(C)C)cc1. The Morgan fingerprint density at radius 1 is 1.18 bits per heavy atom. The Balaban J connectivity index is 2.51. The number of guanidine groups is 1. The summed E-state index contributed by atoms with van der Waals surface area (Å²) in [4.78, 5) is 15.9. The summed E-state index contributed by atoms with van der Waals surface area (Å²) in [5.41, 5.74) is 7.59. The van der Waals surface area contributed by atoms with Crippen LogP contribution in [0.4, 0.5) is 10.5 Å². The van der Waals surface area contributed by atoms with Crippen LogP contribution >= 0.6 is 0 Å². The molecule has 0 aliphatic carbocycles. The molecule has 0 saturated carbocycles. The fourth-order valence-electron chi connectivity index (χ4n) is 1.70. The van der Waals surface area contributed by atoms with E-state index in [-0.39, 0.29) is 12.1 Å². The number of nitrogens with zero attached hydrogens (tertiary/aromatic N) is 1. The van der Waals surface area contributed by atoms with Crippen LogP contribution in [-0.4, -0.2) is 24.1 Å². The maximum atomic E-state index is 11.6. The number of rotatable bonds is 6. The van der Waals surface area contributed by atoms with Gasteiger partial charge in [0.05, 0.1) is 6.54 Å². The van der Waals surface area contributed by atoms with E-state index < -0.39 is 0 Å². The van der Waals surface area contributed by atoms with Crippen LogP contribution in [0.2, 0.25) is 0 Å². The molecule has 0 aromatic heterocycles. The maximum absolute atomic E-state index is 11.6. The van der Waals surface area contributed by atoms with Crippen molar-refractivity contribution < 1.29 is 4.79 Å². The lowest BCUT2D eigenvalue weighted by atomic mass is 10.2. The monoisotopic (exact) mass is 305 g/mol. The molecular formula is C16H27N5O. The lowest BCUT2D eigenvalue weighted by Gasteiger charge is -2.12. The highest BCUT2D eigenvalue weighted by Crippen LogP contribution is 2.10. The average Bonchev–Trinajstić information content (AvgIpc) is 2.45. The third-order valence-electron chi connectivity index (χ3n) is 3.07. The summed E-state index contributed by atoms with van der Waals surface area (Å²) in [6.07, 6.45) is 0.995. The molecule has 5 N–H and O–H groups in total. The first-order valence-electron chi connectivity index (χ1n) is 7.63. The summed E-state index contributed by atoms with van der Waals surface area (Å²) in [6.45, 7) is 8.49. The molecule has 1 rings (SSSR count). The molecule has 2 amide bonds. The standard InChI is InChI=1S/C16H27N5O/c1-5-12(4)20-15(17)18-10-13-6-8-14(9-7-13)21-16(22)19-11(2)3/h6-9,11-12H,5,10H2,1-4H3,(H3,17,18,20)(H2,19,21,22). The molecule has 1 unspecified atom stereocenters. The van der Waals surface area contributed by atoms with Crippen molar-refractivity contribution in [2.45, 2.75) is 52.7 Å². The van der Waals surface area contributed by atoms with Crippen molar-refractivity contribution in [3.05, 3.63) is 29.8 Å². The van der Waals surface area contributed by atoms with E-state index in [1.54, 1.807) is 0 Å². The zero-order valence-corrected chi connectivity index (χ0v) is 13.8. The number of anilines is 1. The third-order valence-corrected chi connectivity index (χ3v) is 3.07. The minimum Gasteiger partial charge on any atom is -0.370 e. The molecular weight excluding hydrogens is 278 g/mol. The summed E-state index contributed by atoms with van der Waals surface area (Å²) in [6, 6.07) is 7.76. The van der Waals surface area contributed by atoms with Crippen LogP contribution in [0.5, 0.6) is 0 Å². The van der Waals surface area contributed by atoms with Crippen molar-refractivity contribution in [1.29, 1.82) is 0 Å². The Labute approximate surface area is 132 Å². The number of urea groups is 1. The Bertz CT molecular complexity index is 496. The predicted octanol–water partition coefficient (Wildman–Crippen LogP) is 2.42. The van der Waals surface area contributed by atoms with Crippen LogP contribution in [-0.2, 0) is 6.54 Å². The van der Waals surface area contributed by atoms with E-state index in [2.05, 4.69) is 34.8 Å². The third kappa shape index (κ3) is 6.97. The van der Waals surface area contributed by atoms with Crippen LogP contribution in [0, 0.1) is 0 Å². The minimum absolute atomic E-state index is 0.106. The van der Waals surface area contributed by atoms with Gasteiger partial charge in [-0.15, -0.1) is 0 Å². The van der Waals surface area contributed by atoms with Crippen LogP contribution in [0.3, 0.4) is 0 Å². The predicted molar refractivity (Wildman–Crippen MR) is 91.9 cm³/mol. The summed E-state index contributed by atoms with van der Waals surface area (Å²) in [5.74, 6) is 0.452. The Hall–Kier alpha value is -2.24. The number of amides is 2. The van der Waals surface area contributed by atoms with E-state index in [4.69, 9.17) is 5.73 Å². The molecule has 0 heterocycles. The molecule has 1 aromatic rings. The molecule has 0 bridgehead atoms. The summed E-state index contributed by atoms with van der Waals surface area (Å²) in [7, 11) is 0. The normalized spacial score (nSPS) is 12.9. The molecule has 0 spiro atoms. The van der Waals surface area contributed by atoms with E-state index >= 15 is 0 Å². The molecule has 1 atom stereocenters. The van der Waals surface area contributed by atoms with Gasteiger partial charge in [0.15, 0.2) is 5.96 Å². The van der Waals surface area contributed by atoms with Crippen molar-refractivity contribution in [2.24, 2.45) is 10.7 Å². The van der Waals surface area contributed by atoms with Crippen molar-refractivity contribution >= 4 is 17.7 Å². The van der Waals surface area contributed by atoms with Crippen LogP contribution in [0.1, 0.15) is 39.7 Å². The summed E-state index contributed by atoms with van der Waals surface area (Å²) in [5, 5.41) is 8.67. The molecule has 0 saturated heterocycles. The number of nitrogens with two attached hydrogens (primary N) is 1. The van der Waals surface area contributed by atoms with E-state index in [0.717, 1.165) is 17.7 Å². The van der Waals surface area contributed by atoms with Gasteiger partial charge in [-0.25, -0.2) is 9.79 Å². The molecule has 6 nitrogen and oxygen atoms in total. The summed E-state index contributed by atoms with van der Waals surface area (Å²) >= 11 is 0. The first kappa shape index (κ1) is 17.8. The largest absolute Gasteiger partial charge is 0.370 e. The van der Waals surface area contributed by atoms with E-state index in [1.165, 1.54) is 0 Å². The quantitative estimate of drug-likeness (QED) is 0.480. The van der Waals surface area contributed by atoms with Gasteiger partial charge < -0.3 is 21.7 Å². The molecule has 0 fully saturated rings. The smallest absolute Gasteiger partial charge is 0.319 e. The van der Waals surface area contributed by atoms with Crippen molar-refractivity contribution in [2.75, 3.05) is 5.32 Å². The Morgan fingerprint density at radius 3 is 2.36 bits per heavy atom. The minimum atomic E-state index is -0.206. The first-order chi connectivity index (χ1) is 10.4. The molecule has 0 aliphatic heterocycles. The van der Waals surface area contributed by atoms with Gasteiger partial charge >= 0.3 is 6.03 Å². The highest BCUT2D eigenvalue weighted by atomic mass is 16.2. The van der Waals surface area contributed by atoms with Gasteiger partial charge in [0.2, 0.25) is 0 Å². The van der Waals surface area contributed by atoms with Gasteiger partial charge in [-0.1, -0.05) is 19.1 Å². The highest BCUT2D eigenvalue weighted by molar-refractivity contribution is 5.89. The van der Waals surface area contributed by atoms with Crippen LogP contribution in [0.25, 0.3) is 0 Å². The fourth-order valence-corrected chi connectivity index (χ4v) is 1.70. The molecule has 6 heteroatoms. The Kier molecular flexibility index (Phi) is 7.22. The van der Waals surface area contributed by atoms with Crippen molar-refractivity contribution in [3.8, 4) is 0 Å². The zero-order valence-electron chi connectivity index (χ0n) is 13.8. The topological polar surface area (TPSA) is 91.5 Å². The van der Waals surface area contributed by atoms with Gasteiger partial charge in [0.25, 0.3) is 0 Å². The van der Waals surface area contributed by atoms with Crippen molar-refractivity contribution in [1.82, 2.24) is 10.6 Å². The number of carbonyl (C=O) groups is 1. The second-order valence-electron chi connectivity index (χ2n) is 5.61. The van der Waals surface area contributed by atoms with Gasteiger partial charge in [-0.3, -0.25) is 0 Å². The zero-order chi connectivity index (χ0) is 16.5. The molecule has 22 heavy (non-hydrogen) atoms. The number of hydrogen-bond acceptors (Lipinski definition) is 2. The average molecular weight is 305 g/mol. The highest BCUT2D eigenvalue weighted by Gasteiger charge is 2.03. The second-order valence-corrected chi connectivity index (χ2v) is 5.61. The number of benzene rings is 1. The molecule has 1 aromatic carbocycles. The van der Waals surface area contributed by atoms with E-state index in [1.807, 2.05) is 38.1 Å². The Morgan fingerprint density at radius 2 is 1.82 bits per heavy atom. The van der Waals surface area contributed by atoms with Gasteiger partial charge in [-0.05, 0) is 44.9 Å². The lowest BCUT2D eigenvalue weighted by molar-refractivity contribution is 0.250. The number of nitrogens with one attached hydrogen (secondary N) is 3. The number of aliphatic imine (C=N–C) groups is 1. The van der Waals surface area contributed by atoms with Gasteiger partial charge in [-0.2, -0.15) is 0 Å². The van der Waals surface area contributed by atoms with Crippen LogP contribution < -0.4 is 21.7 Å². The molecule has 122 valence electrons. The van der Waals surface area contributed by atoms with Gasteiger partial charge in [0, 0.05) is 17.8 Å². The van der Waals surface area contributed by atoms with Gasteiger partial charge in [0.1, 0.15) is 0 Å². The number of carbonyl (C=O) groups excluding carboxylic acids is 1. The maximum Gasteiger partial charge on any atom is 0.319 e. The molecule has 0 aliphatic rings. The molecule has 0 radical (unpaired) electrons. The lowest BCUT2D eigenvalue weighted by Crippen LogP contribution is -2.38. The first-order valence-corrected chi connectivity index (χ1v) is 7.63. The van der Waals surface area contributed by atoms with Crippen LogP contribution in [0.15, 0.2) is 29.3 Å². The van der Waals surface area contributed by atoms with E-state index in [0.29, 0.717) is 18.5 Å². The number of hydrogen-bond donors (Lipinski definition) is 4.